The third-order valence-electron chi connectivity index (χ3n) is 6.42. The van der Waals surface area contributed by atoms with E-state index in [2.05, 4.69) is 15.2 Å². The third kappa shape index (κ3) is 3.56. The molecule has 0 radical (unpaired) electrons. The van der Waals surface area contributed by atoms with Gasteiger partial charge >= 0.3 is 0 Å². The molecule has 1 unspecified atom stereocenters. The van der Waals surface area contributed by atoms with Crippen LogP contribution in [0, 0.1) is 11.7 Å². The summed E-state index contributed by atoms with van der Waals surface area (Å²) in [6.45, 7) is 5.82. The van der Waals surface area contributed by atoms with Crippen LogP contribution in [0.5, 0.6) is 0 Å². The molecule has 0 bridgehead atoms. The zero-order chi connectivity index (χ0) is 22.5. The highest BCUT2D eigenvalue weighted by Crippen LogP contribution is 2.44. The number of carbonyl (C=O) groups is 1. The molecule has 32 heavy (non-hydrogen) atoms. The largest absolute Gasteiger partial charge is 0.482 e. The van der Waals surface area contributed by atoms with Crippen LogP contribution in [0.25, 0.3) is 11.1 Å². The average Bonchev–Trinajstić information content (AvgIpc) is 3.27. The maximum absolute atomic E-state index is 13.6. The number of hydrogen-bond donors (Lipinski definition) is 2. The van der Waals surface area contributed by atoms with Crippen molar-refractivity contribution < 1.29 is 19.0 Å². The first kappa shape index (κ1) is 20.7. The number of ether oxygens (including phenoxy) is 1. The van der Waals surface area contributed by atoms with E-state index in [-0.39, 0.29) is 18.4 Å². The highest BCUT2D eigenvalue weighted by molar-refractivity contribution is 6.32. The SMILES string of the molecule is CC1(C)OC(=C2C(=O)Nc3cc(F)ccc32)C=C1c1ccnc(N2CCCC(CO)C2)c1. The summed E-state index contributed by atoms with van der Waals surface area (Å²) in [5, 5.41) is 12.3. The van der Waals surface area contributed by atoms with Crippen molar-refractivity contribution in [1.82, 2.24) is 4.98 Å². The molecular weight excluding hydrogens is 409 g/mol. The number of pyridine rings is 1. The Bertz CT molecular complexity index is 1150. The van der Waals surface area contributed by atoms with Crippen LogP contribution in [0.4, 0.5) is 15.9 Å². The fourth-order valence-electron chi connectivity index (χ4n) is 4.79. The van der Waals surface area contributed by atoms with Gasteiger partial charge in [0, 0.05) is 37.0 Å². The summed E-state index contributed by atoms with van der Waals surface area (Å²) in [4.78, 5) is 19.4. The lowest BCUT2D eigenvalue weighted by atomic mass is 9.92. The Morgan fingerprint density at radius 3 is 2.97 bits per heavy atom. The Morgan fingerprint density at radius 2 is 2.16 bits per heavy atom. The van der Waals surface area contributed by atoms with Gasteiger partial charge in [-0.1, -0.05) is 0 Å². The summed E-state index contributed by atoms with van der Waals surface area (Å²) >= 11 is 0. The number of nitrogens with one attached hydrogen (secondary N) is 1. The first-order valence-electron chi connectivity index (χ1n) is 10.9. The van der Waals surface area contributed by atoms with Crippen molar-refractivity contribution in [3.8, 4) is 0 Å². The molecule has 7 heteroatoms. The summed E-state index contributed by atoms with van der Waals surface area (Å²) in [5.74, 6) is 0.918. The van der Waals surface area contributed by atoms with Crippen molar-refractivity contribution in [3.63, 3.8) is 0 Å². The molecule has 3 aliphatic rings. The maximum atomic E-state index is 13.6. The number of amides is 1. The highest BCUT2D eigenvalue weighted by atomic mass is 19.1. The van der Waals surface area contributed by atoms with E-state index in [0.717, 1.165) is 42.9 Å². The molecule has 166 valence electrons. The lowest BCUT2D eigenvalue weighted by molar-refractivity contribution is -0.111. The van der Waals surface area contributed by atoms with Gasteiger partial charge in [-0.25, -0.2) is 9.37 Å². The molecule has 1 saturated heterocycles. The van der Waals surface area contributed by atoms with Crippen molar-refractivity contribution in [3.05, 3.63) is 65.3 Å². The zero-order valence-corrected chi connectivity index (χ0v) is 18.2. The number of anilines is 2. The van der Waals surface area contributed by atoms with Crippen molar-refractivity contribution in [2.24, 2.45) is 5.92 Å². The lowest BCUT2D eigenvalue weighted by Crippen LogP contribution is -2.37. The summed E-state index contributed by atoms with van der Waals surface area (Å²) in [5.41, 5.74) is 2.77. The minimum atomic E-state index is -0.653. The maximum Gasteiger partial charge on any atom is 0.260 e. The number of piperidine rings is 1. The quantitative estimate of drug-likeness (QED) is 0.714. The Kier molecular flexibility index (Phi) is 5.01. The highest BCUT2D eigenvalue weighted by Gasteiger charge is 2.38. The second-order valence-electron chi connectivity index (χ2n) is 9.09. The molecule has 6 nitrogen and oxygen atoms in total. The van der Waals surface area contributed by atoms with Crippen LogP contribution < -0.4 is 10.2 Å². The Hall–Kier alpha value is -3.19. The van der Waals surface area contributed by atoms with Gasteiger partial charge in [0.1, 0.15) is 23.0 Å². The summed E-state index contributed by atoms with van der Waals surface area (Å²) < 4.78 is 19.8. The molecule has 0 aliphatic carbocycles. The number of allylic oxidation sites excluding steroid dienone is 1. The Labute approximate surface area is 186 Å². The molecule has 3 aliphatic heterocycles. The van der Waals surface area contributed by atoms with Crippen molar-refractivity contribution in [1.29, 1.82) is 0 Å². The van der Waals surface area contributed by atoms with Gasteiger partial charge in [-0.3, -0.25) is 4.79 Å². The molecule has 1 aromatic heterocycles. The van der Waals surface area contributed by atoms with Crippen LogP contribution in [0.1, 0.15) is 37.8 Å². The van der Waals surface area contributed by atoms with Crippen LogP contribution in [-0.4, -0.2) is 41.3 Å². The summed E-state index contributed by atoms with van der Waals surface area (Å²) in [6.07, 6.45) is 5.75. The van der Waals surface area contributed by atoms with E-state index in [9.17, 15) is 14.3 Å². The number of hydrogen-bond acceptors (Lipinski definition) is 5. The molecular formula is C25H26FN3O3. The molecule has 4 heterocycles. The minimum Gasteiger partial charge on any atom is -0.482 e. The van der Waals surface area contributed by atoms with E-state index >= 15 is 0 Å². The topological polar surface area (TPSA) is 74.7 Å². The number of rotatable bonds is 3. The van der Waals surface area contributed by atoms with Gasteiger partial charge in [-0.15, -0.1) is 0 Å². The normalized spacial score (nSPS) is 24.1. The number of halogens is 1. The molecule has 1 aromatic carbocycles. The Morgan fingerprint density at radius 1 is 1.31 bits per heavy atom. The first-order chi connectivity index (χ1) is 15.4. The number of aliphatic hydroxyl groups excluding tert-OH is 1. The van der Waals surface area contributed by atoms with Crippen LogP contribution >= 0.6 is 0 Å². The van der Waals surface area contributed by atoms with Gasteiger partial charge < -0.3 is 20.1 Å². The molecule has 2 aromatic rings. The van der Waals surface area contributed by atoms with Gasteiger partial charge in [-0.05, 0) is 74.6 Å². The van der Waals surface area contributed by atoms with E-state index in [1.807, 2.05) is 32.1 Å². The van der Waals surface area contributed by atoms with Gasteiger partial charge in [0.25, 0.3) is 5.91 Å². The first-order valence-corrected chi connectivity index (χ1v) is 10.9. The Balaban J connectivity index is 1.53. The zero-order valence-electron chi connectivity index (χ0n) is 18.2. The van der Waals surface area contributed by atoms with Crippen LogP contribution in [0.15, 0.2) is 48.4 Å². The van der Waals surface area contributed by atoms with Gasteiger partial charge in [0.15, 0.2) is 0 Å². The number of nitrogens with zero attached hydrogens (tertiary/aromatic N) is 2. The van der Waals surface area contributed by atoms with Gasteiger partial charge in [0.2, 0.25) is 0 Å². The summed E-state index contributed by atoms with van der Waals surface area (Å²) in [6, 6.07) is 8.25. The van der Waals surface area contributed by atoms with Crippen LogP contribution in [-0.2, 0) is 9.53 Å². The van der Waals surface area contributed by atoms with Crippen LogP contribution in [0.3, 0.4) is 0 Å². The molecule has 5 rings (SSSR count). The van der Waals surface area contributed by atoms with Gasteiger partial charge in [0.05, 0.1) is 11.3 Å². The monoisotopic (exact) mass is 435 g/mol. The predicted octanol–water partition coefficient (Wildman–Crippen LogP) is 3.99. The number of benzene rings is 1. The van der Waals surface area contributed by atoms with Crippen molar-refractivity contribution >= 4 is 28.6 Å². The van der Waals surface area contributed by atoms with Crippen LogP contribution in [0.2, 0.25) is 0 Å². The lowest BCUT2D eigenvalue weighted by Gasteiger charge is -2.33. The molecule has 2 N–H and O–H groups in total. The van der Waals surface area contributed by atoms with E-state index in [1.165, 1.54) is 12.1 Å². The number of aliphatic hydroxyl groups is 1. The number of carbonyl (C=O) groups excluding carboxylic acids is 1. The fraction of sp³-hybridized carbons (Fsp3) is 0.360. The van der Waals surface area contributed by atoms with Crippen molar-refractivity contribution in [2.45, 2.75) is 32.3 Å². The van der Waals surface area contributed by atoms with Crippen molar-refractivity contribution in [2.75, 3.05) is 29.9 Å². The molecule has 0 saturated carbocycles. The van der Waals surface area contributed by atoms with Gasteiger partial charge in [-0.2, -0.15) is 0 Å². The molecule has 1 amide bonds. The van der Waals surface area contributed by atoms with E-state index in [4.69, 9.17) is 4.74 Å². The number of aromatic nitrogens is 1. The molecule has 0 spiro atoms. The smallest absolute Gasteiger partial charge is 0.260 e. The van der Waals surface area contributed by atoms with E-state index in [1.54, 1.807) is 12.3 Å². The minimum absolute atomic E-state index is 0.187. The van der Waals surface area contributed by atoms with E-state index < -0.39 is 11.4 Å². The molecule has 1 atom stereocenters. The fourth-order valence-corrected chi connectivity index (χ4v) is 4.79. The molecule has 1 fully saturated rings. The second kappa shape index (κ2) is 7.74. The predicted molar refractivity (Wildman–Crippen MR) is 121 cm³/mol. The third-order valence-corrected chi connectivity index (χ3v) is 6.42. The average molecular weight is 435 g/mol. The standard InChI is InChI=1S/C25H26FN3O3/c1-25(2)19(16-7-8-27-22(10-16)29-9-3-4-15(13-29)14-30)12-21(32-25)23-18-6-5-17(26)11-20(18)28-24(23)31/h5-8,10-12,15,30H,3-4,9,13-14H2,1-2H3,(H,28,31). The number of fused-ring (bicyclic) bond motifs is 1. The second-order valence-corrected chi connectivity index (χ2v) is 9.09. The summed E-state index contributed by atoms with van der Waals surface area (Å²) in [7, 11) is 0. The van der Waals surface area contributed by atoms with E-state index in [0.29, 0.717) is 22.6 Å².